The van der Waals surface area contributed by atoms with Crippen LogP contribution in [0.25, 0.3) is 0 Å². The topological polar surface area (TPSA) is 122 Å². The number of hydrogen-bond donors (Lipinski definition) is 2. The second-order valence-corrected chi connectivity index (χ2v) is 9.04. The third kappa shape index (κ3) is 6.74. The molecule has 0 saturated heterocycles. The quantitative estimate of drug-likeness (QED) is 0.638. The molecule has 0 bridgehead atoms. The lowest BCUT2D eigenvalue weighted by atomic mass is 10.2. The summed E-state index contributed by atoms with van der Waals surface area (Å²) in [6.07, 6.45) is 3.53. The Morgan fingerprint density at radius 1 is 1.21 bits per heavy atom. The largest absolute Gasteiger partial charge is 0.451 e. The number of amides is 3. The van der Waals surface area contributed by atoms with E-state index in [4.69, 9.17) is 4.74 Å². The third-order valence-electron chi connectivity index (χ3n) is 4.66. The molecule has 0 aliphatic heterocycles. The minimum absolute atomic E-state index is 0.0399. The van der Waals surface area contributed by atoms with E-state index in [0.717, 1.165) is 36.2 Å². The van der Waals surface area contributed by atoms with E-state index in [-0.39, 0.29) is 6.04 Å². The van der Waals surface area contributed by atoms with E-state index in [0.29, 0.717) is 11.3 Å². The predicted octanol–water partition coefficient (Wildman–Crippen LogP) is 1.46. The maximum absolute atomic E-state index is 12.3. The summed E-state index contributed by atoms with van der Waals surface area (Å²) in [5.41, 5.74) is 1.01. The number of carbonyl (C=O) groups excluding carboxylic acids is 3. The summed E-state index contributed by atoms with van der Waals surface area (Å²) in [5, 5.41) is 4.84. The number of nitrogens with zero attached hydrogens (tertiary/aromatic N) is 1. The summed E-state index contributed by atoms with van der Waals surface area (Å²) in [6, 6.07) is 6.11. The Morgan fingerprint density at radius 2 is 1.83 bits per heavy atom. The number of anilines is 1. The van der Waals surface area contributed by atoms with Gasteiger partial charge in [-0.25, -0.2) is 13.2 Å². The lowest BCUT2D eigenvalue weighted by Crippen LogP contribution is -2.48. The molecule has 3 amide bonds. The molecule has 0 heterocycles. The van der Waals surface area contributed by atoms with Crippen molar-refractivity contribution in [2.75, 3.05) is 17.1 Å². The molecule has 1 aromatic carbocycles. The first-order valence-corrected chi connectivity index (χ1v) is 11.3. The Labute approximate surface area is 170 Å². The summed E-state index contributed by atoms with van der Waals surface area (Å²) in [4.78, 5) is 36.2. The maximum atomic E-state index is 12.3. The van der Waals surface area contributed by atoms with Gasteiger partial charge in [-0.05, 0) is 38.3 Å². The van der Waals surface area contributed by atoms with Crippen LogP contribution in [0.2, 0.25) is 0 Å². The van der Waals surface area contributed by atoms with E-state index in [1.54, 1.807) is 31.2 Å². The zero-order valence-corrected chi connectivity index (χ0v) is 17.6. The first-order valence-electron chi connectivity index (χ1n) is 9.42. The van der Waals surface area contributed by atoms with Gasteiger partial charge in [-0.3, -0.25) is 19.2 Å². The van der Waals surface area contributed by atoms with Crippen molar-refractivity contribution in [2.24, 2.45) is 0 Å². The number of nitrogens with one attached hydrogen (secondary N) is 2. The van der Waals surface area contributed by atoms with E-state index >= 15 is 0 Å². The van der Waals surface area contributed by atoms with Crippen LogP contribution in [0.5, 0.6) is 0 Å². The number of rotatable bonds is 7. The molecule has 1 aliphatic rings. The van der Waals surface area contributed by atoms with Crippen molar-refractivity contribution in [2.45, 2.75) is 51.7 Å². The lowest BCUT2D eigenvalue weighted by Gasteiger charge is -2.24. The van der Waals surface area contributed by atoms with Gasteiger partial charge in [-0.2, -0.15) is 0 Å². The zero-order valence-electron chi connectivity index (χ0n) is 16.8. The fourth-order valence-electron chi connectivity index (χ4n) is 3.13. The monoisotopic (exact) mass is 425 g/mol. The number of aryl methyl sites for hydroxylation is 1. The minimum atomic E-state index is -3.76. The number of hydrogen-bond acceptors (Lipinski definition) is 6. The second-order valence-electron chi connectivity index (χ2n) is 7.13. The molecular formula is C19H27N3O6S. The van der Waals surface area contributed by atoms with Gasteiger partial charge in [-0.1, -0.05) is 31.0 Å². The molecule has 0 radical (unpaired) electrons. The minimum Gasteiger partial charge on any atom is -0.451 e. The average molecular weight is 426 g/mol. The Balaban J connectivity index is 1.94. The summed E-state index contributed by atoms with van der Waals surface area (Å²) < 4.78 is 30.2. The standard InChI is InChI=1S/C19H27N3O6S/c1-13-8-4-7-11-16(13)22(29(3,26)27)12-17(23)28-14(2)18(24)21-19(25)20-15-9-5-6-10-15/h4,7-8,11,14-15H,5-6,9-10,12H2,1-3H3,(H2,20,21,24,25)/t14-/m0/s1. The van der Waals surface area contributed by atoms with E-state index in [9.17, 15) is 22.8 Å². The highest BCUT2D eigenvalue weighted by Gasteiger charge is 2.26. The van der Waals surface area contributed by atoms with Gasteiger partial charge in [0.05, 0.1) is 11.9 Å². The van der Waals surface area contributed by atoms with Crippen LogP contribution in [0.4, 0.5) is 10.5 Å². The molecule has 1 fully saturated rings. The fourth-order valence-corrected chi connectivity index (χ4v) is 4.04. The number of para-hydroxylation sites is 1. The normalized spacial score (nSPS) is 15.4. The number of carbonyl (C=O) groups is 3. The third-order valence-corrected chi connectivity index (χ3v) is 5.79. The van der Waals surface area contributed by atoms with Crippen LogP contribution in [0, 0.1) is 6.92 Å². The van der Waals surface area contributed by atoms with Crippen molar-refractivity contribution >= 4 is 33.6 Å². The number of imide groups is 1. The van der Waals surface area contributed by atoms with Gasteiger partial charge in [0.25, 0.3) is 5.91 Å². The van der Waals surface area contributed by atoms with E-state index in [1.165, 1.54) is 6.92 Å². The zero-order chi connectivity index (χ0) is 21.6. The molecule has 0 unspecified atom stereocenters. The van der Waals surface area contributed by atoms with E-state index < -0.39 is 40.6 Å². The highest BCUT2D eigenvalue weighted by Crippen LogP contribution is 2.22. The molecule has 2 N–H and O–H groups in total. The van der Waals surface area contributed by atoms with Crippen LogP contribution < -0.4 is 14.9 Å². The van der Waals surface area contributed by atoms with Gasteiger partial charge in [0.1, 0.15) is 6.54 Å². The molecule has 2 rings (SSSR count). The summed E-state index contributed by atoms with van der Waals surface area (Å²) in [7, 11) is -3.76. The first-order chi connectivity index (χ1) is 13.6. The van der Waals surface area contributed by atoms with Crippen molar-refractivity contribution in [3.05, 3.63) is 29.8 Å². The van der Waals surface area contributed by atoms with Gasteiger partial charge < -0.3 is 10.1 Å². The molecule has 160 valence electrons. The molecule has 29 heavy (non-hydrogen) atoms. The molecule has 0 spiro atoms. The highest BCUT2D eigenvalue weighted by atomic mass is 32.2. The number of sulfonamides is 1. The predicted molar refractivity (Wildman–Crippen MR) is 108 cm³/mol. The molecule has 1 aliphatic carbocycles. The Bertz CT molecular complexity index is 864. The van der Waals surface area contributed by atoms with E-state index in [2.05, 4.69) is 10.6 Å². The Hall–Kier alpha value is -2.62. The van der Waals surface area contributed by atoms with Crippen LogP contribution in [0.15, 0.2) is 24.3 Å². The molecular weight excluding hydrogens is 398 g/mol. The van der Waals surface area contributed by atoms with Crippen LogP contribution in [-0.2, 0) is 24.3 Å². The molecule has 0 aromatic heterocycles. The molecule has 9 nitrogen and oxygen atoms in total. The van der Waals surface area contributed by atoms with Crippen molar-refractivity contribution in [3.63, 3.8) is 0 Å². The van der Waals surface area contributed by atoms with Gasteiger partial charge in [0, 0.05) is 6.04 Å². The molecule has 1 saturated carbocycles. The summed E-state index contributed by atoms with van der Waals surface area (Å²) in [5.74, 6) is -1.69. The van der Waals surface area contributed by atoms with Crippen LogP contribution in [-0.4, -0.2) is 51.3 Å². The lowest BCUT2D eigenvalue weighted by molar-refractivity contribution is -0.152. The molecule has 10 heteroatoms. The SMILES string of the molecule is Cc1ccccc1N(CC(=O)O[C@@H](C)C(=O)NC(=O)NC1CCCC1)S(C)(=O)=O. The van der Waals surface area contributed by atoms with Crippen LogP contribution in [0.1, 0.15) is 38.2 Å². The number of benzene rings is 1. The molecule has 1 atom stereocenters. The second kappa shape index (κ2) is 9.73. The summed E-state index contributed by atoms with van der Waals surface area (Å²) in [6.45, 7) is 2.45. The molecule has 1 aromatic rings. The van der Waals surface area contributed by atoms with Crippen molar-refractivity contribution in [3.8, 4) is 0 Å². The first kappa shape index (κ1) is 22.7. The van der Waals surface area contributed by atoms with Crippen molar-refractivity contribution in [1.29, 1.82) is 0 Å². The summed E-state index contributed by atoms with van der Waals surface area (Å²) >= 11 is 0. The maximum Gasteiger partial charge on any atom is 0.327 e. The van der Waals surface area contributed by atoms with Crippen LogP contribution >= 0.6 is 0 Å². The van der Waals surface area contributed by atoms with Crippen molar-refractivity contribution in [1.82, 2.24) is 10.6 Å². The van der Waals surface area contributed by atoms with Gasteiger partial charge >= 0.3 is 12.0 Å². The average Bonchev–Trinajstić information content (AvgIpc) is 3.12. The fraction of sp³-hybridized carbons (Fsp3) is 0.526. The number of urea groups is 1. The Morgan fingerprint density at radius 3 is 2.41 bits per heavy atom. The van der Waals surface area contributed by atoms with Crippen LogP contribution in [0.3, 0.4) is 0 Å². The number of esters is 1. The number of ether oxygens (including phenoxy) is 1. The van der Waals surface area contributed by atoms with E-state index in [1.807, 2.05) is 0 Å². The Kier molecular flexibility index (Phi) is 7.60. The smallest absolute Gasteiger partial charge is 0.327 e. The van der Waals surface area contributed by atoms with Gasteiger partial charge in [0.15, 0.2) is 6.10 Å². The van der Waals surface area contributed by atoms with Crippen molar-refractivity contribution < 1.29 is 27.5 Å². The highest BCUT2D eigenvalue weighted by molar-refractivity contribution is 7.92. The van der Waals surface area contributed by atoms with Gasteiger partial charge in [0.2, 0.25) is 10.0 Å². The van der Waals surface area contributed by atoms with Gasteiger partial charge in [-0.15, -0.1) is 0 Å².